The lowest BCUT2D eigenvalue weighted by molar-refractivity contribution is 0.444. The molecule has 0 amide bonds. The van der Waals surface area contributed by atoms with Crippen LogP contribution in [-0.4, -0.2) is 10.2 Å². The quantitative estimate of drug-likeness (QED) is 0.431. The highest BCUT2D eigenvalue weighted by Gasteiger charge is 2.15. The lowest BCUT2D eigenvalue weighted by Crippen LogP contribution is -1.96. The van der Waals surface area contributed by atoms with Gasteiger partial charge in [-0.2, -0.15) is 0 Å². The molecule has 0 bridgehead atoms. The Hall–Kier alpha value is -1.44. The number of phenols is 2. The minimum Gasteiger partial charge on any atom is -0.507 e. The fraction of sp³-hybridized carbons (Fsp3) is 0.556. The first-order chi connectivity index (χ1) is 9.40. The van der Waals surface area contributed by atoms with Gasteiger partial charge in [0.25, 0.3) is 0 Å². The van der Waals surface area contributed by atoms with Crippen LogP contribution in [-0.2, 0) is 6.42 Å². The molecule has 0 aliphatic rings. The summed E-state index contributed by atoms with van der Waals surface area (Å²) in [7, 11) is 0. The number of hydrogen-bond acceptors (Lipinski definition) is 2. The number of aromatic hydroxyl groups is 2. The van der Waals surface area contributed by atoms with Gasteiger partial charge in [0.15, 0.2) is 0 Å². The Morgan fingerprint density at radius 3 is 2.15 bits per heavy atom. The third kappa shape index (κ3) is 3.78. The number of unbranched alkanes of at least 4 members (excludes halogenated alkanes) is 2. The van der Waals surface area contributed by atoms with Gasteiger partial charge in [-0.1, -0.05) is 31.4 Å². The molecule has 1 aromatic rings. The molecule has 0 radical (unpaired) electrons. The van der Waals surface area contributed by atoms with E-state index in [1.54, 1.807) is 0 Å². The molecule has 2 nitrogen and oxygen atoms in total. The van der Waals surface area contributed by atoms with E-state index in [2.05, 4.69) is 19.9 Å². The van der Waals surface area contributed by atoms with Crippen LogP contribution < -0.4 is 0 Å². The van der Waals surface area contributed by atoms with Gasteiger partial charge in [-0.15, -0.1) is 0 Å². The second kappa shape index (κ2) is 7.37. The minimum absolute atomic E-state index is 0.312. The molecule has 20 heavy (non-hydrogen) atoms. The molecule has 0 aliphatic carbocycles. The highest BCUT2D eigenvalue weighted by Crippen LogP contribution is 2.36. The third-order valence-electron chi connectivity index (χ3n) is 4.20. The molecule has 0 heterocycles. The van der Waals surface area contributed by atoms with E-state index in [1.807, 2.05) is 20.8 Å². The maximum atomic E-state index is 10.3. The molecule has 0 atom stereocenters. The van der Waals surface area contributed by atoms with E-state index >= 15 is 0 Å². The summed E-state index contributed by atoms with van der Waals surface area (Å²) in [5.41, 5.74) is 4.55. The van der Waals surface area contributed by atoms with Crippen molar-refractivity contribution in [2.75, 3.05) is 0 Å². The second-order valence-corrected chi connectivity index (χ2v) is 5.76. The molecule has 2 heteroatoms. The van der Waals surface area contributed by atoms with Gasteiger partial charge < -0.3 is 10.2 Å². The van der Waals surface area contributed by atoms with E-state index in [9.17, 15) is 10.2 Å². The van der Waals surface area contributed by atoms with E-state index < -0.39 is 0 Å². The van der Waals surface area contributed by atoms with Crippen LogP contribution in [0.4, 0.5) is 0 Å². The highest BCUT2D eigenvalue weighted by molar-refractivity contribution is 5.57. The molecule has 0 spiro atoms. The van der Waals surface area contributed by atoms with E-state index in [-0.39, 0.29) is 0 Å². The fourth-order valence-electron chi connectivity index (χ4n) is 2.47. The minimum atomic E-state index is 0.312. The summed E-state index contributed by atoms with van der Waals surface area (Å²) in [6, 6.07) is 0. The van der Waals surface area contributed by atoms with Gasteiger partial charge in [0, 0.05) is 5.56 Å². The predicted molar refractivity (Wildman–Crippen MR) is 85.6 cm³/mol. The van der Waals surface area contributed by atoms with Gasteiger partial charge in [0.1, 0.15) is 11.5 Å². The molecule has 0 unspecified atom stereocenters. The van der Waals surface area contributed by atoms with Crippen LogP contribution in [0.25, 0.3) is 0 Å². The van der Waals surface area contributed by atoms with Gasteiger partial charge >= 0.3 is 0 Å². The molecule has 2 N–H and O–H groups in total. The van der Waals surface area contributed by atoms with Crippen LogP contribution in [0.15, 0.2) is 11.6 Å². The number of allylic oxidation sites excluding steroid dienone is 2. The van der Waals surface area contributed by atoms with Gasteiger partial charge in [0.05, 0.1) is 0 Å². The van der Waals surface area contributed by atoms with Gasteiger partial charge in [-0.3, -0.25) is 0 Å². The van der Waals surface area contributed by atoms with Crippen molar-refractivity contribution in [2.24, 2.45) is 0 Å². The van der Waals surface area contributed by atoms with E-state index in [0.29, 0.717) is 17.9 Å². The Kier molecular flexibility index (Phi) is 6.12. The fourth-order valence-corrected chi connectivity index (χ4v) is 2.47. The van der Waals surface area contributed by atoms with E-state index in [0.717, 1.165) is 28.7 Å². The molecule has 0 saturated carbocycles. The van der Waals surface area contributed by atoms with Crippen molar-refractivity contribution in [1.29, 1.82) is 0 Å². The van der Waals surface area contributed by atoms with E-state index in [4.69, 9.17) is 0 Å². The average molecular weight is 276 g/mol. The topological polar surface area (TPSA) is 40.5 Å². The smallest absolute Gasteiger partial charge is 0.122 e. The summed E-state index contributed by atoms with van der Waals surface area (Å²) in [5.74, 6) is 0.641. The monoisotopic (exact) mass is 276 g/mol. The van der Waals surface area contributed by atoms with Crippen LogP contribution in [0.2, 0.25) is 0 Å². The van der Waals surface area contributed by atoms with Crippen molar-refractivity contribution in [3.63, 3.8) is 0 Å². The lowest BCUT2D eigenvalue weighted by atomic mass is 9.94. The van der Waals surface area contributed by atoms with Crippen molar-refractivity contribution in [2.45, 2.75) is 66.7 Å². The average Bonchev–Trinajstić information content (AvgIpc) is 2.43. The molecule has 1 rings (SSSR count). The molecular weight excluding hydrogens is 248 g/mol. The van der Waals surface area contributed by atoms with Crippen molar-refractivity contribution >= 4 is 0 Å². The Morgan fingerprint density at radius 2 is 1.55 bits per heavy atom. The zero-order valence-electron chi connectivity index (χ0n) is 13.5. The first-order valence-electron chi connectivity index (χ1n) is 7.56. The molecule has 112 valence electrons. The van der Waals surface area contributed by atoms with Gasteiger partial charge in [-0.25, -0.2) is 0 Å². The van der Waals surface area contributed by atoms with Gasteiger partial charge in [-0.05, 0) is 63.6 Å². The first kappa shape index (κ1) is 16.6. The van der Waals surface area contributed by atoms with Crippen molar-refractivity contribution in [3.05, 3.63) is 33.9 Å². The lowest BCUT2D eigenvalue weighted by Gasteiger charge is -2.15. The molecule has 0 aromatic heterocycles. The Bertz CT molecular complexity index is 470. The summed E-state index contributed by atoms with van der Waals surface area (Å²) >= 11 is 0. The predicted octanol–water partition coefficient (Wildman–Crippen LogP) is 5.09. The number of benzene rings is 1. The Labute approximate surface area is 123 Å². The molecule has 0 saturated heterocycles. The second-order valence-electron chi connectivity index (χ2n) is 5.76. The summed E-state index contributed by atoms with van der Waals surface area (Å²) < 4.78 is 0. The third-order valence-corrected chi connectivity index (χ3v) is 4.20. The van der Waals surface area contributed by atoms with Crippen LogP contribution in [0.5, 0.6) is 11.5 Å². The maximum Gasteiger partial charge on any atom is 0.122 e. The number of rotatable bonds is 6. The summed E-state index contributed by atoms with van der Waals surface area (Å²) in [6.45, 7) is 9.91. The zero-order valence-corrected chi connectivity index (χ0v) is 13.5. The molecule has 0 aliphatic heterocycles. The molecular formula is C18H28O2. The van der Waals surface area contributed by atoms with Crippen LogP contribution in [0, 0.1) is 20.8 Å². The highest BCUT2D eigenvalue weighted by atomic mass is 16.3. The van der Waals surface area contributed by atoms with Gasteiger partial charge in [0.2, 0.25) is 0 Å². The SMILES string of the molecule is CCCCC/C(C)=C/Cc1c(C)c(O)c(C)c(C)c1O. The molecule has 0 fully saturated rings. The van der Waals surface area contributed by atoms with Crippen molar-refractivity contribution in [3.8, 4) is 11.5 Å². The largest absolute Gasteiger partial charge is 0.507 e. The normalized spacial score (nSPS) is 11.9. The number of phenolic OH excluding ortho intramolecular Hbond substituents is 2. The Morgan fingerprint density at radius 1 is 0.950 bits per heavy atom. The zero-order chi connectivity index (χ0) is 15.3. The number of hydrogen-bond donors (Lipinski definition) is 2. The summed E-state index contributed by atoms with van der Waals surface area (Å²) in [5, 5.41) is 20.4. The van der Waals surface area contributed by atoms with Crippen LogP contribution in [0.1, 0.15) is 61.8 Å². The van der Waals surface area contributed by atoms with Crippen molar-refractivity contribution in [1.82, 2.24) is 0 Å². The Balaban J connectivity index is 2.91. The van der Waals surface area contributed by atoms with Crippen molar-refractivity contribution < 1.29 is 10.2 Å². The summed E-state index contributed by atoms with van der Waals surface area (Å²) in [4.78, 5) is 0. The van der Waals surface area contributed by atoms with Crippen LogP contribution >= 0.6 is 0 Å². The molecule has 1 aromatic carbocycles. The van der Waals surface area contributed by atoms with E-state index in [1.165, 1.54) is 24.8 Å². The first-order valence-corrected chi connectivity index (χ1v) is 7.56. The summed E-state index contributed by atoms with van der Waals surface area (Å²) in [6.07, 6.45) is 7.70. The standard InChI is InChI=1S/C18H28O2/c1-6-7-8-9-12(2)10-11-16-15(5)17(19)13(3)14(4)18(16)20/h10,19-20H,6-9,11H2,1-5H3/b12-10+. The maximum absolute atomic E-state index is 10.3. The van der Waals surface area contributed by atoms with Crippen LogP contribution in [0.3, 0.4) is 0 Å².